The minimum Gasteiger partial charge on any atom is -0.479 e. The van der Waals surface area contributed by atoms with Crippen LogP contribution in [0.15, 0.2) is 18.2 Å². The van der Waals surface area contributed by atoms with Crippen molar-refractivity contribution in [3.05, 3.63) is 35.1 Å². The summed E-state index contributed by atoms with van der Waals surface area (Å²) in [5.74, 6) is -2.42. The van der Waals surface area contributed by atoms with E-state index in [1.54, 1.807) is 6.92 Å². The molecule has 0 spiro atoms. The van der Waals surface area contributed by atoms with Gasteiger partial charge in [-0.2, -0.15) is 0 Å². The fourth-order valence-corrected chi connectivity index (χ4v) is 1.57. The summed E-state index contributed by atoms with van der Waals surface area (Å²) in [6, 6.07) is 3.51. The van der Waals surface area contributed by atoms with Gasteiger partial charge in [0, 0.05) is 6.42 Å². The van der Waals surface area contributed by atoms with Gasteiger partial charge in [-0.3, -0.25) is 4.79 Å². The third kappa shape index (κ3) is 4.33. The van der Waals surface area contributed by atoms with Gasteiger partial charge in [0.1, 0.15) is 5.82 Å². The van der Waals surface area contributed by atoms with Crippen molar-refractivity contribution >= 4 is 11.9 Å². The van der Waals surface area contributed by atoms with Gasteiger partial charge < -0.3 is 14.9 Å². The summed E-state index contributed by atoms with van der Waals surface area (Å²) in [4.78, 5) is 21.8. The summed E-state index contributed by atoms with van der Waals surface area (Å²) >= 11 is 0. The van der Waals surface area contributed by atoms with Crippen LogP contribution in [0.5, 0.6) is 0 Å². The molecule has 0 bridgehead atoms. The van der Waals surface area contributed by atoms with E-state index in [-0.39, 0.29) is 30.6 Å². The molecule has 0 heterocycles. The molecule has 0 amide bonds. The molecule has 2 N–H and O–H groups in total. The molecule has 1 rings (SSSR count). The highest BCUT2D eigenvalue weighted by atomic mass is 19.1. The molecule has 1 unspecified atom stereocenters. The number of esters is 1. The van der Waals surface area contributed by atoms with Crippen molar-refractivity contribution in [1.82, 2.24) is 0 Å². The van der Waals surface area contributed by atoms with Crippen LogP contribution in [0.3, 0.4) is 0 Å². The topological polar surface area (TPSA) is 83.8 Å². The Morgan fingerprint density at radius 1 is 1.42 bits per heavy atom. The summed E-state index contributed by atoms with van der Waals surface area (Å²) in [7, 11) is 0. The number of carboxylic acids is 1. The molecule has 0 saturated heterocycles. The summed E-state index contributed by atoms with van der Waals surface area (Å²) in [5.41, 5.74) is 0.249. The van der Waals surface area contributed by atoms with Crippen LogP contribution in [0, 0.1) is 5.82 Å². The maximum atomic E-state index is 13.5. The van der Waals surface area contributed by atoms with E-state index in [0.29, 0.717) is 0 Å². The molecule has 0 aliphatic carbocycles. The van der Waals surface area contributed by atoms with E-state index in [1.165, 1.54) is 12.1 Å². The van der Waals surface area contributed by atoms with Gasteiger partial charge in [-0.1, -0.05) is 6.07 Å². The average Bonchev–Trinajstić information content (AvgIpc) is 2.37. The van der Waals surface area contributed by atoms with Crippen molar-refractivity contribution < 1.29 is 28.9 Å². The Balaban J connectivity index is 2.80. The number of aliphatic carboxylic acids is 1. The van der Waals surface area contributed by atoms with E-state index in [2.05, 4.69) is 0 Å². The maximum Gasteiger partial charge on any atom is 0.337 e. The van der Waals surface area contributed by atoms with Crippen molar-refractivity contribution in [2.45, 2.75) is 25.9 Å². The largest absolute Gasteiger partial charge is 0.479 e. The Kier molecular flexibility index (Phi) is 5.44. The summed E-state index contributed by atoms with van der Waals surface area (Å²) in [5, 5.41) is 18.0. The number of ether oxygens (including phenoxy) is 1. The number of aliphatic hydroxyl groups excluding tert-OH is 1. The molecule has 19 heavy (non-hydrogen) atoms. The van der Waals surface area contributed by atoms with Gasteiger partial charge in [0.05, 0.1) is 6.61 Å². The molecule has 0 radical (unpaired) electrons. The first-order valence-corrected chi connectivity index (χ1v) is 5.80. The number of hydrogen-bond acceptors (Lipinski definition) is 4. The van der Waals surface area contributed by atoms with Gasteiger partial charge in [-0.15, -0.1) is 0 Å². The van der Waals surface area contributed by atoms with E-state index < -0.39 is 23.9 Å². The predicted octanol–water partition coefficient (Wildman–Crippen LogP) is 1.44. The van der Waals surface area contributed by atoms with Crippen molar-refractivity contribution in [3.8, 4) is 0 Å². The summed E-state index contributed by atoms with van der Waals surface area (Å²) in [6.07, 6.45) is -1.62. The van der Waals surface area contributed by atoms with Crippen LogP contribution < -0.4 is 0 Å². The van der Waals surface area contributed by atoms with Gasteiger partial charge in [-0.05, 0) is 36.6 Å². The number of carbonyl (C=O) groups excluding carboxylic acids is 1. The standard InChI is InChI=1S/C13H15FO5/c1-2-19-11(15)6-4-8-7-9(3-5-10(8)14)12(16)13(17)18/h3,5,7,12,16H,2,4,6H2,1H3,(H,17,18). The lowest BCUT2D eigenvalue weighted by molar-refractivity contribution is -0.147. The number of carboxylic acid groups (broad SMARTS) is 1. The van der Waals surface area contributed by atoms with Gasteiger partial charge >= 0.3 is 11.9 Å². The Hall–Kier alpha value is -1.95. The van der Waals surface area contributed by atoms with Gasteiger partial charge in [-0.25, -0.2) is 9.18 Å². The van der Waals surface area contributed by atoms with Crippen molar-refractivity contribution in [2.24, 2.45) is 0 Å². The number of hydrogen-bond donors (Lipinski definition) is 2. The maximum absolute atomic E-state index is 13.5. The summed E-state index contributed by atoms with van der Waals surface area (Å²) in [6.45, 7) is 1.92. The average molecular weight is 270 g/mol. The number of rotatable bonds is 6. The molecule has 1 atom stereocenters. The molecule has 0 aromatic heterocycles. The third-order valence-corrected chi connectivity index (χ3v) is 2.52. The quantitative estimate of drug-likeness (QED) is 0.764. The highest BCUT2D eigenvalue weighted by Gasteiger charge is 2.17. The second-order valence-corrected chi connectivity index (χ2v) is 3.90. The predicted molar refractivity (Wildman–Crippen MR) is 63.9 cm³/mol. The molecule has 0 aliphatic rings. The van der Waals surface area contributed by atoms with Crippen molar-refractivity contribution in [3.63, 3.8) is 0 Å². The Morgan fingerprint density at radius 2 is 2.11 bits per heavy atom. The smallest absolute Gasteiger partial charge is 0.337 e. The first-order valence-electron chi connectivity index (χ1n) is 5.80. The van der Waals surface area contributed by atoms with E-state index in [1.807, 2.05) is 0 Å². The molecule has 0 fully saturated rings. The van der Waals surface area contributed by atoms with Crippen LogP contribution in [-0.2, 0) is 20.7 Å². The van der Waals surface area contributed by atoms with Crippen LogP contribution in [0.4, 0.5) is 4.39 Å². The number of benzene rings is 1. The van der Waals surface area contributed by atoms with Crippen LogP contribution in [-0.4, -0.2) is 28.8 Å². The zero-order valence-corrected chi connectivity index (χ0v) is 10.4. The molecular weight excluding hydrogens is 255 g/mol. The van der Waals surface area contributed by atoms with Crippen LogP contribution in [0.25, 0.3) is 0 Å². The molecule has 5 nitrogen and oxygen atoms in total. The van der Waals surface area contributed by atoms with E-state index in [4.69, 9.17) is 9.84 Å². The molecule has 104 valence electrons. The van der Waals surface area contributed by atoms with Crippen molar-refractivity contribution in [1.29, 1.82) is 0 Å². The van der Waals surface area contributed by atoms with Gasteiger partial charge in [0.2, 0.25) is 0 Å². The van der Waals surface area contributed by atoms with Crippen LogP contribution >= 0.6 is 0 Å². The molecule has 1 aromatic carbocycles. The van der Waals surface area contributed by atoms with Gasteiger partial charge in [0.15, 0.2) is 6.10 Å². The molecular formula is C13H15FO5. The monoisotopic (exact) mass is 270 g/mol. The highest BCUT2D eigenvalue weighted by Crippen LogP contribution is 2.18. The highest BCUT2D eigenvalue weighted by molar-refractivity contribution is 5.74. The zero-order valence-electron chi connectivity index (χ0n) is 10.4. The molecule has 6 heteroatoms. The number of aliphatic hydroxyl groups is 1. The SMILES string of the molecule is CCOC(=O)CCc1cc(C(O)C(=O)O)ccc1F. The first kappa shape index (κ1) is 15.1. The Morgan fingerprint density at radius 3 is 2.68 bits per heavy atom. The molecule has 0 aliphatic heterocycles. The molecule has 0 saturated carbocycles. The van der Waals surface area contributed by atoms with E-state index in [0.717, 1.165) is 6.07 Å². The number of halogens is 1. The summed E-state index contributed by atoms with van der Waals surface area (Å²) < 4.78 is 18.2. The fraction of sp³-hybridized carbons (Fsp3) is 0.385. The second-order valence-electron chi connectivity index (χ2n) is 3.90. The lowest BCUT2D eigenvalue weighted by Crippen LogP contribution is -2.11. The lowest BCUT2D eigenvalue weighted by Gasteiger charge is -2.09. The Bertz CT molecular complexity index is 472. The Labute approximate surface area is 109 Å². The number of aryl methyl sites for hydroxylation is 1. The normalized spacial score (nSPS) is 11.9. The lowest BCUT2D eigenvalue weighted by atomic mass is 10.0. The molecule has 1 aromatic rings. The minimum absolute atomic E-state index is 0.00260. The van der Waals surface area contributed by atoms with Crippen LogP contribution in [0.2, 0.25) is 0 Å². The zero-order chi connectivity index (χ0) is 14.4. The van der Waals surface area contributed by atoms with E-state index >= 15 is 0 Å². The van der Waals surface area contributed by atoms with Gasteiger partial charge in [0.25, 0.3) is 0 Å². The van der Waals surface area contributed by atoms with Crippen LogP contribution in [0.1, 0.15) is 30.6 Å². The fourth-order valence-electron chi connectivity index (χ4n) is 1.57. The van der Waals surface area contributed by atoms with Crippen molar-refractivity contribution in [2.75, 3.05) is 6.61 Å². The first-order chi connectivity index (χ1) is 8.95. The number of carbonyl (C=O) groups is 2. The second kappa shape index (κ2) is 6.84. The third-order valence-electron chi connectivity index (χ3n) is 2.52. The van der Waals surface area contributed by atoms with E-state index in [9.17, 15) is 19.1 Å². The minimum atomic E-state index is -1.71.